The zero-order valence-corrected chi connectivity index (χ0v) is 14.0. The smallest absolute Gasteiger partial charge is 0.333 e. The van der Waals surface area contributed by atoms with Crippen LogP contribution in [0, 0.1) is 12.7 Å². The molecule has 6 nitrogen and oxygen atoms in total. The van der Waals surface area contributed by atoms with Crippen molar-refractivity contribution in [2.75, 3.05) is 0 Å². The first-order valence-corrected chi connectivity index (χ1v) is 7.75. The number of halogens is 4. The number of alkyl halides is 3. The normalized spacial score (nSPS) is 12.2. The SMILES string of the molecule is Cc1ncccc1-n1c(=O)c2ncn(C)c2c2cc(F)c(C(F)(F)F)nc21. The Bertz CT molecular complexity index is 1270. The Morgan fingerprint density at radius 3 is 2.59 bits per heavy atom. The number of hydrogen-bond acceptors (Lipinski definition) is 4. The van der Waals surface area contributed by atoms with Crippen LogP contribution in [0.5, 0.6) is 0 Å². The first-order chi connectivity index (χ1) is 12.7. The van der Waals surface area contributed by atoms with Gasteiger partial charge in [-0.1, -0.05) is 0 Å². The molecule has 27 heavy (non-hydrogen) atoms. The van der Waals surface area contributed by atoms with E-state index in [4.69, 9.17) is 0 Å². The Morgan fingerprint density at radius 2 is 1.93 bits per heavy atom. The zero-order valence-electron chi connectivity index (χ0n) is 14.0. The highest BCUT2D eigenvalue weighted by molar-refractivity contribution is 6.01. The van der Waals surface area contributed by atoms with E-state index in [1.165, 1.54) is 29.2 Å². The molecule has 0 fully saturated rings. The van der Waals surface area contributed by atoms with Gasteiger partial charge in [0.1, 0.15) is 0 Å². The predicted octanol–water partition coefficient (Wildman–Crippen LogP) is 3.13. The molecule has 0 amide bonds. The third kappa shape index (κ3) is 2.47. The van der Waals surface area contributed by atoms with Crippen molar-refractivity contribution < 1.29 is 17.6 Å². The van der Waals surface area contributed by atoms with Crippen LogP contribution < -0.4 is 5.56 Å². The van der Waals surface area contributed by atoms with Crippen LogP contribution in [0.15, 0.2) is 35.5 Å². The lowest BCUT2D eigenvalue weighted by Crippen LogP contribution is -2.23. The number of imidazole rings is 1. The highest BCUT2D eigenvalue weighted by Crippen LogP contribution is 2.33. The minimum atomic E-state index is -5.01. The standard InChI is InChI=1S/C17H11F4N5O/c1-8-11(4-3-5-22-8)26-15-9(6-10(18)14(24-15)17(19,20)21)13-12(16(26)27)23-7-25(13)2/h3-7H,1-2H3. The molecule has 0 aliphatic heterocycles. The van der Waals surface area contributed by atoms with E-state index < -0.39 is 23.2 Å². The van der Waals surface area contributed by atoms with E-state index >= 15 is 0 Å². The first-order valence-electron chi connectivity index (χ1n) is 7.75. The van der Waals surface area contributed by atoms with E-state index in [2.05, 4.69) is 15.0 Å². The lowest BCUT2D eigenvalue weighted by atomic mass is 10.2. The molecule has 0 N–H and O–H groups in total. The largest absolute Gasteiger partial charge is 0.436 e. The fraction of sp³-hybridized carbons (Fsp3) is 0.176. The number of aromatic nitrogens is 5. The molecule has 4 aromatic rings. The van der Waals surface area contributed by atoms with Crippen molar-refractivity contribution >= 4 is 22.1 Å². The lowest BCUT2D eigenvalue weighted by molar-refractivity contribution is -0.143. The van der Waals surface area contributed by atoms with Crippen molar-refractivity contribution in [3.8, 4) is 5.69 Å². The molecule has 10 heteroatoms. The molecular weight excluding hydrogens is 366 g/mol. The Labute approximate surface area is 148 Å². The number of rotatable bonds is 1. The van der Waals surface area contributed by atoms with Crippen molar-refractivity contribution in [3.63, 3.8) is 0 Å². The maximum absolute atomic E-state index is 14.2. The summed E-state index contributed by atoms with van der Waals surface area (Å²) in [6, 6.07) is 3.80. The van der Waals surface area contributed by atoms with Gasteiger partial charge < -0.3 is 4.57 Å². The van der Waals surface area contributed by atoms with Crippen LogP contribution in [0.3, 0.4) is 0 Å². The summed E-state index contributed by atoms with van der Waals surface area (Å²) in [6.07, 6.45) is -2.19. The average Bonchev–Trinajstić information content (AvgIpc) is 2.98. The molecule has 0 aliphatic rings. The molecule has 4 heterocycles. The van der Waals surface area contributed by atoms with Gasteiger partial charge in [-0.3, -0.25) is 14.3 Å². The van der Waals surface area contributed by atoms with E-state index in [1.807, 2.05) is 0 Å². The summed E-state index contributed by atoms with van der Waals surface area (Å²) in [6.45, 7) is 1.60. The monoisotopic (exact) mass is 377 g/mol. The van der Waals surface area contributed by atoms with E-state index in [0.717, 1.165) is 10.6 Å². The second-order valence-electron chi connectivity index (χ2n) is 5.99. The molecule has 4 aromatic heterocycles. The van der Waals surface area contributed by atoms with Gasteiger partial charge in [0.05, 0.1) is 23.2 Å². The lowest BCUT2D eigenvalue weighted by Gasteiger charge is -2.15. The van der Waals surface area contributed by atoms with E-state index in [0.29, 0.717) is 5.69 Å². The van der Waals surface area contributed by atoms with Crippen LogP contribution >= 0.6 is 0 Å². The van der Waals surface area contributed by atoms with Gasteiger partial charge in [-0.25, -0.2) is 14.4 Å². The number of pyridine rings is 3. The van der Waals surface area contributed by atoms with Gasteiger partial charge in [-0.15, -0.1) is 0 Å². The third-order valence-electron chi connectivity index (χ3n) is 4.25. The number of nitrogens with zero attached hydrogens (tertiary/aromatic N) is 5. The fourth-order valence-electron chi connectivity index (χ4n) is 3.06. The zero-order chi connectivity index (χ0) is 19.5. The summed E-state index contributed by atoms with van der Waals surface area (Å²) in [5.74, 6) is -1.52. The molecule has 0 bridgehead atoms. The highest BCUT2D eigenvalue weighted by Gasteiger charge is 2.37. The molecule has 0 radical (unpaired) electrons. The maximum Gasteiger partial charge on any atom is 0.436 e. The van der Waals surface area contributed by atoms with Crippen LogP contribution in [0.25, 0.3) is 27.8 Å². The van der Waals surface area contributed by atoms with Gasteiger partial charge in [-0.05, 0) is 25.1 Å². The molecule has 0 unspecified atom stereocenters. The third-order valence-corrected chi connectivity index (χ3v) is 4.25. The summed E-state index contributed by atoms with van der Waals surface area (Å²) >= 11 is 0. The van der Waals surface area contributed by atoms with Gasteiger partial charge in [0.2, 0.25) is 0 Å². The van der Waals surface area contributed by atoms with Gasteiger partial charge >= 0.3 is 6.18 Å². The van der Waals surface area contributed by atoms with E-state index in [9.17, 15) is 22.4 Å². The van der Waals surface area contributed by atoms with E-state index in [-0.39, 0.29) is 27.8 Å². The van der Waals surface area contributed by atoms with Crippen molar-refractivity contribution in [2.24, 2.45) is 7.05 Å². The van der Waals surface area contributed by atoms with Gasteiger partial charge in [0.25, 0.3) is 5.56 Å². The van der Waals surface area contributed by atoms with Gasteiger partial charge in [0.15, 0.2) is 22.7 Å². The van der Waals surface area contributed by atoms with Crippen molar-refractivity contribution in [3.05, 3.63) is 58.3 Å². The van der Waals surface area contributed by atoms with Gasteiger partial charge in [-0.2, -0.15) is 13.2 Å². The number of hydrogen-bond donors (Lipinski definition) is 0. The Hall–Kier alpha value is -3.30. The molecule has 138 valence electrons. The molecule has 0 atom stereocenters. The summed E-state index contributed by atoms with van der Waals surface area (Å²) in [4.78, 5) is 24.6. The minimum Gasteiger partial charge on any atom is -0.333 e. The van der Waals surface area contributed by atoms with Crippen LogP contribution in [-0.4, -0.2) is 24.1 Å². The van der Waals surface area contributed by atoms with E-state index in [1.54, 1.807) is 14.0 Å². The predicted molar refractivity (Wildman–Crippen MR) is 89.1 cm³/mol. The number of fused-ring (bicyclic) bond motifs is 3. The van der Waals surface area contributed by atoms with Gasteiger partial charge in [0, 0.05) is 18.6 Å². The van der Waals surface area contributed by atoms with Crippen LogP contribution in [0.4, 0.5) is 17.6 Å². The Kier molecular flexibility index (Phi) is 3.55. The average molecular weight is 377 g/mol. The molecule has 0 saturated heterocycles. The van der Waals surface area contributed by atoms with Crippen LogP contribution in [0.2, 0.25) is 0 Å². The summed E-state index contributed by atoms with van der Waals surface area (Å²) in [5.41, 5.74) is -1.83. The van der Waals surface area contributed by atoms with Crippen molar-refractivity contribution in [1.82, 2.24) is 24.1 Å². The minimum absolute atomic E-state index is 0.00536. The number of aryl methyl sites for hydroxylation is 2. The first kappa shape index (κ1) is 17.1. The molecule has 0 aliphatic carbocycles. The molecule has 0 spiro atoms. The van der Waals surface area contributed by atoms with Crippen LogP contribution in [-0.2, 0) is 13.2 Å². The maximum atomic E-state index is 14.2. The fourth-order valence-corrected chi connectivity index (χ4v) is 3.06. The Morgan fingerprint density at radius 1 is 1.19 bits per heavy atom. The summed E-state index contributed by atoms with van der Waals surface area (Å²) in [5, 5.41) is 0.0401. The molecular formula is C17H11F4N5O. The Balaban J connectivity index is 2.29. The van der Waals surface area contributed by atoms with Crippen LogP contribution in [0.1, 0.15) is 11.4 Å². The topological polar surface area (TPSA) is 65.6 Å². The highest BCUT2D eigenvalue weighted by atomic mass is 19.4. The van der Waals surface area contributed by atoms with Crippen molar-refractivity contribution in [2.45, 2.75) is 13.1 Å². The molecule has 0 saturated carbocycles. The second-order valence-corrected chi connectivity index (χ2v) is 5.99. The second kappa shape index (κ2) is 5.60. The quantitative estimate of drug-likeness (QED) is 0.478. The van der Waals surface area contributed by atoms with Crippen molar-refractivity contribution in [1.29, 1.82) is 0 Å². The molecule has 0 aromatic carbocycles. The molecule has 4 rings (SSSR count). The summed E-state index contributed by atoms with van der Waals surface area (Å²) < 4.78 is 56.2. The summed E-state index contributed by atoms with van der Waals surface area (Å²) in [7, 11) is 1.56.